The van der Waals surface area contributed by atoms with Crippen molar-refractivity contribution in [2.45, 2.75) is 53.2 Å². The molecule has 0 aromatic heterocycles. The molecule has 5 nitrogen and oxygen atoms in total. The molecule has 0 bridgehead atoms. The third-order valence-electron chi connectivity index (χ3n) is 3.91. The number of aliphatic imine (C=N–C) groups is 1. The maximum atomic E-state index is 5.57. The first-order chi connectivity index (χ1) is 10.1. The van der Waals surface area contributed by atoms with Crippen LogP contribution in [-0.4, -0.2) is 64.3 Å². The number of methoxy groups -OCH3 is 1. The fourth-order valence-corrected chi connectivity index (χ4v) is 2.39. The second kappa shape index (κ2) is 12.3. The van der Waals surface area contributed by atoms with Crippen LogP contribution in [0.3, 0.4) is 0 Å². The Labute approximate surface area is 161 Å². The summed E-state index contributed by atoms with van der Waals surface area (Å²) >= 11 is 0. The molecule has 2 atom stereocenters. The number of nitrogens with zero attached hydrogens (tertiary/aromatic N) is 2. The molecule has 0 rings (SSSR count). The van der Waals surface area contributed by atoms with Gasteiger partial charge < -0.3 is 20.3 Å². The van der Waals surface area contributed by atoms with Gasteiger partial charge >= 0.3 is 0 Å². The van der Waals surface area contributed by atoms with Crippen molar-refractivity contribution in [2.24, 2.45) is 16.3 Å². The van der Waals surface area contributed by atoms with Crippen LogP contribution >= 0.6 is 24.0 Å². The Hall–Kier alpha value is -0.0800. The van der Waals surface area contributed by atoms with Crippen LogP contribution in [0.1, 0.15) is 41.0 Å². The van der Waals surface area contributed by atoms with Gasteiger partial charge in [0.2, 0.25) is 0 Å². The van der Waals surface area contributed by atoms with Gasteiger partial charge in [-0.25, -0.2) is 0 Å². The van der Waals surface area contributed by atoms with Crippen LogP contribution in [-0.2, 0) is 4.74 Å². The Kier molecular flexibility index (Phi) is 13.5. The maximum Gasteiger partial charge on any atom is 0.191 e. The fraction of sp³-hybridized carbons (Fsp3) is 0.941. The standard InChI is InChI=1S/C17H38N4O.HI/c1-13(2)10-14(21(7)8)11-19-16(18-6)20-12-15(22-9)17(3,4)5;/h13-15H,10-12H2,1-9H3,(H2,18,19,20);1H. The van der Waals surface area contributed by atoms with Crippen molar-refractivity contribution in [3.63, 3.8) is 0 Å². The SMILES string of the molecule is CN=C(NCC(CC(C)C)N(C)C)NCC(OC)C(C)(C)C.I. The van der Waals surface area contributed by atoms with E-state index in [4.69, 9.17) is 4.74 Å². The van der Waals surface area contributed by atoms with Gasteiger partial charge in [0, 0.05) is 33.3 Å². The topological polar surface area (TPSA) is 48.9 Å². The zero-order valence-electron chi connectivity index (χ0n) is 16.6. The van der Waals surface area contributed by atoms with Crippen molar-refractivity contribution >= 4 is 29.9 Å². The van der Waals surface area contributed by atoms with E-state index in [2.05, 4.69) is 69.2 Å². The quantitative estimate of drug-likeness (QED) is 0.345. The van der Waals surface area contributed by atoms with Gasteiger partial charge in [-0.15, -0.1) is 24.0 Å². The third-order valence-corrected chi connectivity index (χ3v) is 3.91. The summed E-state index contributed by atoms with van der Waals surface area (Å²) in [7, 11) is 7.83. The van der Waals surface area contributed by atoms with Crippen LogP contribution in [0, 0.1) is 11.3 Å². The molecule has 6 heteroatoms. The molecule has 0 aliphatic heterocycles. The molecule has 0 aromatic rings. The minimum Gasteiger partial charge on any atom is -0.379 e. The van der Waals surface area contributed by atoms with Gasteiger partial charge in [-0.3, -0.25) is 4.99 Å². The van der Waals surface area contributed by atoms with Crippen molar-refractivity contribution in [3.8, 4) is 0 Å². The first kappa shape index (κ1) is 25.2. The van der Waals surface area contributed by atoms with Gasteiger partial charge in [0.25, 0.3) is 0 Å². The van der Waals surface area contributed by atoms with Crippen LogP contribution < -0.4 is 10.6 Å². The molecule has 140 valence electrons. The summed E-state index contributed by atoms with van der Waals surface area (Å²) < 4.78 is 5.57. The summed E-state index contributed by atoms with van der Waals surface area (Å²) in [5, 5.41) is 6.80. The van der Waals surface area contributed by atoms with Crippen LogP contribution in [0.15, 0.2) is 4.99 Å². The molecule has 0 fully saturated rings. The predicted octanol–water partition coefficient (Wildman–Crippen LogP) is 2.81. The van der Waals surface area contributed by atoms with Crippen molar-refractivity contribution < 1.29 is 4.74 Å². The Morgan fingerprint density at radius 1 is 1.13 bits per heavy atom. The second-order valence-corrected chi connectivity index (χ2v) is 7.67. The fourth-order valence-electron chi connectivity index (χ4n) is 2.39. The zero-order chi connectivity index (χ0) is 17.3. The summed E-state index contributed by atoms with van der Waals surface area (Å²) in [4.78, 5) is 6.58. The summed E-state index contributed by atoms with van der Waals surface area (Å²) in [6.45, 7) is 12.7. The number of guanidine groups is 1. The van der Waals surface area contributed by atoms with E-state index >= 15 is 0 Å². The smallest absolute Gasteiger partial charge is 0.191 e. The van der Waals surface area contributed by atoms with Crippen molar-refractivity contribution in [3.05, 3.63) is 0 Å². The number of nitrogens with one attached hydrogen (secondary N) is 2. The Balaban J connectivity index is 0. The van der Waals surface area contributed by atoms with E-state index in [0.29, 0.717) is 12.0 Å². The number of rotatable bonds is 8. The molecular weight excluding hydrogens is 403 g/mol. The molecule has 0 saturated carbocycles. The van der Waals surface area contributed by atoms with Gasteiger partial charge in [0.05, 0.1) is 6.10 Å². The van der Waals surface area contributed by atoms with Gasteiger partial charge in [0.1, 0.15) is 0 Å². The normalized spacial score (nSPS) is 15.3. The lowest BCUT2D eigenvalue weighted by Gasteiger charge is -2.31. The molecule has 23 heavy (non-hydrogen) atoms. The highest BCUT2D eigenvalue weighted by Crippen LogP contribution is 2.20. The van der Waals surface area contributed by atoms with Crippen LogP contribution in [0.5, 0.6) is 0 Å². The number of hydrogen-bond acceptors (Lipinski definition) is 3. The monoisotopic (exact) mass is 442 g/mol. The first-order valence-corrected chi connectivity index (χ1v) is 8.25. The molecule has 0 radical (unpaired) electrons. The number of halogens is 1. The molecule has 2 unspecified atom stereocenters. The molecule has 0 spiro atoms. The van der Waals surface area contributed by atoms with E-state index in [0.717, 1.165) is 19.0 Å². The lowest BCUT2D eigenvalue weighted by molar-refractivity contribution is 0.0205. The Bertz CT molecular complexity index is 327. The summed E-state index contributed by atoms with van der Waals surface area (Å²) in [6.07, 6.45) is 1.31. The van der Waals surface area contributed by atoms with E-state index in [9.17, 15) is 0 Å². The molecule has 0 heterocycles. The highest BCUT2D eigenvalue weighted by molar-refractivity contribution is 14.0. The molecule has 0 aliphatic carbocycles. The van der Waals surface area contributed by atoms with Gasteiger partial charge in [0.15, 0.2) is 5.96 Å². The molecule has 0 aliphatic rings. The predicted molar refractivity (Wildman–Crippen MR) is 112 cm³/mol. The van der Waals surface area contributed by atoms with E-state index in [1.807, 2.05) is 0 Å². The van der Waals surface area contributed by atoms with E-state index in [1.54, 1.807) is 14.2 Å². The molecule has 0 amide bonds. The highest BCUT2D eigenvalue weighted by Gasteiger charge is 2.24. The Morgan fingerprint density at radius 3 is 2.00 bits per heavy atom. The average Bonchev–Trinajstić information content (AvgIpc) is 2.39. The van der Waals surface area contributed by atoms with Crippen molar-refractivity contribution in [1.29, 1.82) is 0 Å². The minimum absolute atomic E-state index is 0. The molecule has 0 saturated heterocycles. The Morgan fingerprint density at radius 2 is 1.65 bits per heavy atom. The van der Waals surface area contributed by atoms with E-state index in [1.165, 1.54) is 6.42 Å². The van der Waals surface area contributed by atoms with Crippen LogP contribution in [0.2, 0.25) is 0 Å². The van der Waals surface area contributed by atoms with Gasteiger partial charge in [-0.1, -0.05) is 34.6 Å². The third kappa shape index (κ3) is 11.2. The van der Waals surface area contributed by atoms with E-state index < -0.39 is 0 Å². The summed E-state index contributed by atoms with van der Waals surface area (Å²) in [5.74, 6) is 1.52. The van der Waals surface area contributed by atoms with Gasteiger partial charge in [-0.2, -0.15) is 0 Å². The van der Waals surface area contributed by atoms with E-state index in [-0.39, 0.29) is 35.5 Å². The summed E-state index contributed by atoms with van der Waals surface area (Å²) in [5.41, 5.74) is 0.102. The lowest BCUT2D eigenvalue weighted by Crippen LogP contribution is -2.48. The minimum atomic E-state index is 0. The van der Waals surface area contributed by atoms with Gasteiger partial charge in [-0.05, 0) is 31.8 Å². The maximum absolute atomic E-state index is 5.57. The number of likely N-dealkylation sites (N-methyl/N-ethyl adjacent to an activating group) is 1. The largest absolute Gasteiger partial charge is 0.379 e. The molecule has 0 aromatic carbocycles. The molecular formula is C17H39IN4O. The van der Waals surface area contributed by atoms with Crippen molar-refractivity contribution in [2.75, 3.05) is 41.3 Å². The lowest BCUT2D eigenvalue weighted by atomic mass is 9.89. The van der Waals surface area contributed by atoms with Crippen LogP contribution in [0.25, 0.3) is 0 Å². The van der Waals surface area contributed by atoms with Crippen LogP contribution in [0.4, 0.5) is 0 Å². The summed E-state index contributed by atoms with van der Waals surface area (Å²) in [6, 6.07) is 0.499. The highest BCUT2D eigenvalue weighted by atomic mass is 127. The van der Waals surface area contributed by atoms with Crippen molar-refractivity contribution in [1.82, 2.24) is 15.5 Å². The second-order valence-electron chi connectivity index (χ2n) is 7.67. The average molecular weight is 442 g/mol. The molecule has 2 N–H and O–H groups in total. The number of hydrogen-bond donors (Lipinski definition) is 2. The zero-order valence-corrected chi connectivity index (χ0v) is 18.9. The first-order valence-electron chi connectivity index (χ1n) is 8.25. The number of ether oxygens (including phenoxy) is 1.